The summed E-state index contributed by atoms with van der Waals surface area (Å²) in [6, 6.07) is 9.19. The van der Waals surface area contributed by atoms with Gasteiger partial charge >= 0.3 is 0 Å². The average Bonchev–Trinajstić information content (AvgIpc) is 3.22. The Balaban J connectivity index is 1.78. The summed E-state index contributed by atoms with van der Waals surface area (Å²) in [4.78, 5) is 23.6. The maximum absolute atomic E-state index is 12.9. The predicted octanol–water partition coefficient (Wildman–Crippen LogP) is 3.61. The number of non-ortho nitro benzene ring substituents is 1. The van der Waals surface area contributed by atoms with E-state index in [1.165, 1.54) is 18.2 Å². The molecule has 2 aromatic rings. The van der Waals surface area contributed by atoms with Crippen molar-refractivity contribution in [2.75, 3.05) is 12.1 Å². The van der Waals surface area contributed by atoms with Crippen LogP contribution in [0.4, 0.5) is 11.4 Å². The first-order valence-corrected chi connectivity index (χ1v) is 10.3. The Kier molecular flexibility index (Phi) is 7.30. The molecule has 1 amide bonds. The van der Waals surface area contributed by atoms with Crippen LogP contribution in [0.2, 0.25) is 0 Å². The minimum absolute atomic E-state index is 0.150. The van der Waals surface area contributed by atoms with E-state index >= 15 is 0 Å². The number of fused-ring (bicyclic) bond motifs is 1. The van der Waals surface area contributed by atoms with Gasteiger partial charge in [-0.05, 0) is 37.1 Å². The van der Waals surface area contributed by atoms with E-state index in [1.807, 2.05) is 6.07 Å². The van der Waals surface area contributed by atoms with Crippen LogP contribution >= 0.6 is 0 Å². The molecular formula is C22H27N3O6. The SMILES string of the molecule is CCCCC(Nc1ccc([N+](=O)[O-])cc1C(=O)NCc1ccc2c(c1)OCO2)C(C)O. The van der Waals surface area contributed by atoms with Crippen molar-refractivity contribution < 1.29 is 24.3 Å². The van der Waals surface area contributed by atoms with Gasteiger partial charge in [-0.3, -0.25) is 14.9 Å². The first kappa shape index (κ1) is 22.4. The zero-order valence-electron chi connectivity index (χ0n) is 17.6. The van der Waals surface area contributed by atoms with Crippen LogP contribution in [0.5, 0.6) is 11.5 Å². The summed E-state index contributed by atoms with van der Waals surface area (Å²) in [6.45, 7) is 4.11. The van der Waals surface area contributed by atoms with E-state index in [0.29, 0.717) is 23.6 Å². The van der Waals surface area contributed by atoms with Crippen LogP contribution in [0, 0.1) is 10.1 Å². The Labute approximate surface area is 180 Å². The predicted molar refractivity (Wildman–Crippen MR) is 115 cm³/mol. The summed E-state index contributed by atoms with van der Waals surface area (Å²) in [5.74, 6) is 0.806. The van der Waals surface area contributed by atoms with Gasteiger partial charge in [0.2, 0.25) is 6.79 Å². The van der Waals surface area contributed by atoms with Crippen molar-refractivity contribution in [3.63, 3.8) is 0 Å². The van der Waals surface area contributed by atoms with Crippen LogP contribution in [-0.4, -0.2) is 34.9 Å². The third kappa shape index (κ3) is 5.64. The molecule has 0 spiro atoms. The highest BCUT2D eigenvalue weighted by atomic mass is 16.7. The van der Waals surface area contributed by atoms with Gasteiger partial charge in [0.25, 0.3) is 11.6 Å². The van der Waals surface area contributed by atoms with Crippen molar-refractivity contribution >= 4 is 17.3 Å². The molecular weight excluding hydrogens is 402 g/mol. The lowest BCUT2D eigenvalue weighted by molar-refractivity contribution is -0.384. The number of nitrogens with one attached hydrogen (secondary N) is 2. The molecule has 2 aromatic carbocycles. The van der Waals surface area contributed by atoms with Gasteiger partial charge in [-0.2, -0.15) is 0 Å². The fraction of sp³-hybridized carbons (Fsp3) is 0.409. The molecule has 0 fully saturated rings. The molecule has 9 heteroatoms. The highest BCUT2D eigenvalue weighted by molar-refractivity contribution is 6.00. The van der Waals surface area contributed by atoms with Gasteiger partial charge in [0.05, 0.1) is 22.6 Å². The number of anilines is 1. The standard InChI is InChI=1S/C22H27N3O6/c1-3-4-5-18(14(2)26)24-19-8-7-16(25(28)29)11-17(19)22(27)23-12-15-6-9-20-21(10-15)31-13-30-20/h6-11,14,18,24,26H,3-5,12-13H2,1-2H3,(H,23,27). The van der Waals surface area contributed by atoms with Crippen molar-refractivity contribution in [3.05, 3.63) is 57.6 Å². The van der Waals surface area contributed by atoms with E-state index in [1.54, 1.807) is 19.1 Å². The van der Waals surface area contributed by atoms with Crippen LogP contribution in [0.3, 0.4) is 0 Å². The highest BCUT2D eigenvalue weighted by Crippen LogP contribution is 2.32. The molecule has 0 bridgehead atoms. The van der Waals surface area contributed by atoms with E-state index in [0.717, 1.165) is 18.4 Å². The maximum atomic E-state index is 12.9. The number of nitro groups is 1. The lowest BCUT2D eigenvalue weighted by Gasteiger charge is -2.24. The normalized spacial score (nSPS) is 14.0. The Bertz CT molecular complexity index is 947. The number of unbranched alkanes of at least 4 members (excludes halogenated alkanes) is 1. The quantitative estimate of drug-likeness (QED) is 0.389. The number of carbonyl (C=O) groups is 1. The van der Waals surface area contributed by atoms with Crippen LogP contribution in [0.25, 0.3) is 0 Å². The first-order chi connectivity index (χ1) is 14.9. The molecule has 1 heterocycles. The molecule has 1 aliphatic rings. The molecule has 31 heavy (non-hydrogen) atoms. The average molecular weight is 429 g/mol. The molecule has 3 rings (SSSR count). The van der Waals surface area contributed by atoms with Crippen molar-refractivity contribution in [2.24, 2.45) is 0 Å². The second-order valence-corrected chi connectivity index (χ2v) is 7.49. The number of nitro benzene ring substituents is 1. The van der Waals surface area contributed by atoms with Gasteiger partial charge in [-0.1, -0.05) is 25.8 Å². The number of rotatable bonds is 10. The van der Waals surface area contributed by atoms with Gasteiger partial charge in [-0.15, -0.1) is 0 Å². The van der Waals surface area contributed by atoms with Crippen LogP contribution < -0.4 is 20.1 Å². The maximum Gasteiger partial charge on any atom is 0.270 e. The van der Waals surface area contributed by atoms with E-state index in [-0.39, 0.29) is 30.6 Å². The number of amides is 1. The van der Waals surface area contributed by atoms with Crippen molar-refractivity contribution in [2.45, 2.75) is 51.8 Å². The molecule has 9 nitrogen and oxygen atoms in total. The molecule has 0 radical (unpaired) electrons. The summed E-state index contributed by atoms with van der Waals surface area (Å²) in [6.07, 6.45) is 1.94. The molecule has 1 aliphatic heterocycles. The highest BCUT2D eigenvalue weighted by Gasteiger charge is 2.21. The summed E-state index contributed by atoms with van der Waals surface area (Å²) in [7, 11) is 0. The number of carbonyl (C=O) groups excluding carboxylic acids is 1. The van der Waals surface area contributed by atoms with Gasteiger partial charge < -0.3 is 25.2 Å². The van der Waals surface area contributed by atoms with E-state index in [4.69, 9.17) is 9.47 Å². The number of nitrogens with zero attached hydrogens (tertiary/aromatic N) is 1. The summed E-state index contributed by atoms with van der Waals surface area (Å²) >= 11 is 0. The van der Waals surface area contributed by atoms with Crippen LogP contribution in [0.15, 0.2) is 36.4 Å². The van der Waals surface area contributed by atoms with Crippen molar-refractivity contribution in [1.29, 1.82) is 0 Å². The van der Waals surface area contributed by atoms with Gasteiger partial charge in [0.15, 0.2) is 11.5 Å². The van der Waals surface area contributed by atoms with Crippen molar-refractivity contribution in [1.82, 2.24) is 5.32 Å². The number of aliphatic hydroxyl groups is 1. The molecule has 3 N–H and O–H groups in total. The molecule has 2 atom stereocenters. The minimum atomic E-state index is -0.647. The molecule has 0 aromatic heterocycles. The lowest BCUT2D eigenvalue weighted by Crippen LogP contribution is -2.33. The van der Waals surface area contributed by atoms with Crippen LogP contribution in [-0.2, 0) is 6.54 Å². The number of aliphatic hydroxyl groups excluding tert-OH is 1. The smallest absolute Gasteiger partial charge is 0.270 e. The third-order valence-electron chi connectivity index (χ3n) is 5.14. The summed E-state index contributed by atoms with van der Waals surface area (Å²) in [5.41, 5.74) is 1.22. The molecule has 166 valence electrons. The largest absolute Gasteiger partial charge is 0.454 e. The van der Waals surface area contributed by atoms with Gasteiger partial charge in [0, 0.05) is 24.4 Å². The van der Waals surface area contributed by atoms with Gasteiger partial charge in [-0.25, -0.2) is 0 Å². The third-order valence-corrected chi connectivity index (χ3v) is 5.14. The zero-order valence-corrected chi connectivity index (χ0v) is 17.6. The number of benzene rings is 2. The van der Waals surface area contributed by atoms with E-state index in [9.17, 15) is 20.0 Å². The fourth-order valence-corrected chi connectivity index (χ4v) is 3.35. The number of ether oxygens (including phenoxy) is 2. The summed E-state index contributed by atoms with van der Waals surface area (Å²) in [5, 5.41) is 27.3. The first-order valence-electron chi connectivity index (χ1n) is 10.3. The molecule has 2 unspecified atom stereocenters. The Morgan fingerprint density at radius 1 is 1.23 bits per heavy atom. The Hall–Kier alpha value is -3.33. The number of hydrogen-bond donors (Lipinski definition) is 3. The Morgan fingerprint density at radius 2 is 2.00 bits per heavy atom. The summed E-state index contributed by atoms with van der Waals surface area (Å²) < 4.78 is 10.6. The Morgan fingerprint density at radius 3 is 2.71 bits per heavy atom. The molecule has 0 saturated carbocycles. The second-order valence-electron chi connectivity index (χ2n) is 7.49. The molecule has 0 aliphatic carbocycles. The van der Waals surface area contributed by atoms with Crippen molar-refractivity contribution in [3.8, 4) is 11.5 Å². The fourth-order valence-electron chi connectivity index (χ4n) is 3.35. The van der Waals surface area contributed by atoms with E-state index in [2.05, 4.69) is 17.6 Å². The molecule has 0 saturated heterocycles. The monoisotopic (exact) mass is 429 g/mol. The van der Waals surface area contributed by atoms with Gasteiger partial charge in [0.1, 0.15) is 0 Å². The minimum Gasteiger partial charge on any atom is -0.454 e. The topological polar surface area (TPSA) is 123 Å². The van der Waals surface area contributed by atoms with E-state index < -0.39 is 16.9 Å². The zero-order chi connectivity index (χ0) is 22.4. The lowest BCUT2D eigenvalue weighted by atomic mass is 10.0. The second kappa shape index (κ2) is 10.1. The number of hydrogen-bond acceptors (Lipinski definition) is 7. The van der Waals surface area contributed by atoms with Crippen LogP contribution in [0.1, 0.15) is 49.0 Å².